The van der Waals surface area contributed by atoms with Crippen LogP contribution in [0.1, 0.15) is 0 Å². The number of halogens is 4. The number of aliphatic imine (C=N–C) groups is 1. The highest BCUT2D eigenvalue weighted by Crippen LogP contribution is 2.17. The number of hydrogen-bond donors (Lipinski definition) is 2. The second kappa shape index (κ2) is 5.60. The molecule has 2 aromatic rings. The molecule has 2 aromatic carbocycles. The number of nitrogens with zero attached hydrogens (tertiary/aromatic N) is 1. The maximum Gasteiger partial charge on any atom is 0.198 e. The van der Waals surface area contributed by atoms with Crippen LogP contribution in [0.4, 0.5) is 28.9 Å². The quantitative estimate of drug-likeness (QED) is 0.505. The van der Waals surface area contributed by atoms with Gasteiger partial charge in [0.2, 0.25) is 0 Å². The maximum absolute atomic E-state index is 13.0. The molecule has 3 nitrogen and oxygen atoms in total. The summed E-state index contributed by atoms with van der Waals surface area (Å²) in [5.41, 5.74) is 5.77. The molecule has 0 atom stereocenters. The molecular weight excluding hydrogens is 274 g/mol. The van der Waals surface area contributed by atoms with E-state index in [2.05, 4.69) is 10.3 Å². The third kappa shape index (κ3) is 3.25. The van der Waals surface area contributed by atoms with Crippen molar-refractivity contribution in [3.05, 3.63) is 59.7 Å². The predicted octanol–water partition coefficient (Wildman–Crippen LogP) is 3.30. The zero-order chi connectivity index (χ0) is 14.7. The molecule has 0 heterocycles. The summed E-state index contributed by atoms with van der Waals surface area (Å²) in [5.74, 6) is -4.28. The number of anilines is 1. The molecule has 0 bridgehead atoms. The molecule has 104 valence electrons. The molecule has 2 rings (SSSR count). The van der Waals surface area contributed by atoms with Crippen LogP contribution in [-0.2, 0) is 0 Å². The Morgan fingerprint density at radius 1 is 0.850 bits per heavy atom. The van der Waals surface area contributed by atoms with E-state index in [-0.39, 0.29) is 17.3 Å². The zero-order valence-electron chi connectivity index (χ0n) is 10.0. The summed E-state index contributed by atoms with van der Waals surface area (Å²) in [6, 6.07) is 6.05. The first-order valence-electron chi connectivity index (χ1n) is 5.47. The van der Waals surface area contributed by atoms with Crippen LogP contribution >= 0.6 is 0 Å². The van der Waals surface area contributed by atoms with Crippen LogP contribution in [0, 0.1) is 23.3 Å². The van der Waals surface area contributed by atoms with Crippen molar-refractivity contribution in [1.82, 2.24) is 0 Å². The molecule has 20 heavy (non-hydrogen) atoms. The van der Waals surface area contributed by atoms with Crippen LogP contribution in [0.2, 0.25) is 0 Å². The lowest BCUT2D eigenvalue weighted by Crippen LogP contribution is -2.22. The van der Waals surface area contributed by atoms with E-state index in [1.807, 2.05) is 0 Å². The van der Waals surface area contributed by atoms with Gasteiger partial charge in [0.1, 0.15) is 0 Å². The first kappa shape index (κ1) is 13.9. The van der Waals surface area contributed by atoms with Crippen LogP contribution in [-0.4, -0.2) is 5.96 Å². The van der Waals surface area contributed by atoms with E-state index in [4.69, 9.17) is 5.73 Å². The lowest BCUT2D eigenvalue weighted by molar-refractivity contribution is 0.509. The first-order valence-corrected chi connectivity index (χ1v) is 5.47. The molecule has 0 aliphatic rings. The highest BCUT2D eigenvalue weighted by atomic mass is 19.2. The van der Waals surface area contributed by atoms with Crippen LogP contribution < -0.4 is 11.1 Å². The summed E-state index contributed by atoms with van der Waals surface area (Å²) in [6.45, 7) is 0. The fourth-order valence-corrected chi connectivity index (χ4v) is 1.44. The van der Waals surface area contributed by atoms with Crippen molar-refractivity contribution in [1.29, 1.82) is 0 Å². The summed E-state index contributed by atoms with van der Waals surface area (Å²) in [6.07, 6.45) is 0. The highest BCUT2D eigenvalue weighted by molar-refractivity contribution is 5.93. The second-order valence-electron chi connectivity index (χ2n) is 3.85. The van der Waals surface area contributed by atoms with Gasteiger partial charge >= 0.3 is 0 Å². The molecule has 0 saturated carbocycles. The van der Waals surface area contributed by atoms with E-state index >= 15 is 0 Å². The maximum atomic E-state index is 13.0. The Hall–Kier alpha value is -2.57. The Kier molecular flexibility index (Phi) is 3.88. The van der Waals surface area contributed by atoms with Crippen molar-refractivity contribution < 1.29 is 17.6 Å². The first-order chi connectivity index (χ1) is 9.45. The van der Waals surface area contributed by atoms with Crippen LogP contribution in [0.3, 0.4) is 0 Å². The van der Waals surface area contributed by atoms with Gasteiger partial charge in [0.25, 0.3) is 0 Å². The molecular formula is C13H9F4N3. The Bertz CT molecular complexity index is 671. The molecule has 0 aliphatic carbocycles. The molecule has 0 saturated heterocycles. The highest BCUT2D eigenvalue weighted by Gasteiger charge is 2.05. The van der Waals surface area contributed by atoms with Crippen LogP contribution in [0.15, 0.2) is 41.4 Å². The van der Waals surface area contributed by atoms with Crippen molar-refractivity contribution in [3.63, 3.8) is 0 Å². The number of hydrogen-bond acceptors (Lipinski definition) is 1. The average molecular weight is 283 g/mol. The summed E-state index contributed by atoms with van der Waals surface area (Å²) >= 11 is 0. The molecule has 0 spiro atoms. The average Bonchev–Trinajstić information content (AvgIpc) is 2.38. The minimum absolute atomic E-state index is 0.0801. The van der Waals surface area contributed by atoms with Crippen molar-refractivity contribution in [2.45, 2.75) is 0 Å². The van der Waals surface area contributed by atoms with Crippen molar-refractivity contribution in [2.24, 2.45) is 10.7 Å². The number of nitrogens with one attached hydrogen (secondary N) is 1. The van der Waals surface area contributed by atoms with Gasteiger partial charge in [-0.15, -0.1) is 0 Å². The van der Waals surface area contributed by atoms with E-state index < -0.39 is 23.3 Å². The third-order valence-corrected chi connectivity index (χ3v) is 2.34. The third-order valence-electron chi connectivity index (χ3n) is 2.34. The fraction of sp³-hybridized carbons (Fsp3) is 0. The molecule has 0 radical (unpaired) electrons. The Morgan fingerprint density at radius 3 is 2.05 bits per heavy atom. The monoisotopic (exact) mass is 283 g/mol. The van der Waals surface area contributed by atoms with Gasteiger partial charge in [0.15, 0.2) is 29.2 Å². The Morgan fingerprint density at radius 2 is 1.45 bits per heavy atom. The van der Waals surface area contributed by atoms with Gasteiger partial charge in [-0.3, -0.25) is 0 Å². The van der Waals surface area contributed by atoms with E-state index in [9.17, 15) is 17.6 Å². The van der Waals surface area contributed by atoms with Gasteiger partial charge in [-0.1, -0.05) is 0 Å². The van der Waals surface area contributed by atoms with Crippen molar-refractivity contribution in [2.75, 3.05) is 5.32 Å². The van der Waals surface area contributed by atoms with Gasteiger partial charge in [0, 0.05) is 17.8 Å². The summed E-state index contributed by atoms with van der Waals surface area (Å²) in [4.78, 5) is 3.77. The largest absolute Gasteiger partial charge is 0.369 e. The van der Waals surface area contributed by atoms with Gasteiger partial charge in [-0.25, -0.2) is 22.6 Å². The minimum Gasteiger partial charge on any atom is -0.369 e. The Labute approximate surface area is 111 Å². The lowest BCUT2D eigenvalue weighted by Gasteiger charge is -2.06. The topological polar surface area (TPSA) is 50.4 Å². The molecule has 0 aromatic heterocycles. The van der Waals surface area contributed by atoms with Crippen molar-refractivity contribution >= 4 is 17.3 Å². The number of guanidine groups is 1. The van der Waals surface area contributed by atoms with E-state index in [1.54, 1.807) is 0 Å². The molecule has 3 N–H and O–H groups in total. The molecule has 7 heteroatoms. The fourth-order valence-electron chi connectivity index (χ4n) is 1.44. The number of benzene rings is 2. The summed E-state index contributed by atoms with van der Waals surface area (Å²) < 4.78 is 51.4. The Balaban J connectivity index is 2.17. The number of nitrogens with two attached hydrogens (primary N) is 1. The molecule has 0 unspecified atom stereocenters. The summed E-state index contributed by atoms with van der Waals surface area (Å²) in [5, 5.41) is 2.50. The minimum atomic E-state index is -1.06. The molecule has 0 amide bonds. The van der Waals surface area contributed by atoms with E-state index in [0.29, 0.717) is 0 Å². The van der Waals surface area contributed by atoms with Crippen LogP contribution in [0.5, 0.6) is 0 Å². The zero-order valence-corrected chi connectivity index (χ0v) is 10.0. The van der Waals surface area contributed by atoms with E-state index in [1.165, 1.54) is 12.1 Å². The van der Waals surface area contributed by atoms with Crippen LogP contribution in [0.25, 0.3) is 0 Å². The smallest absolute Gasteiger partial charge is 0.198 e. The lowest BCUT2D eigenvalue weighted by atomic mass is 10.3. The SMILES string of the molecule is NC(=Nc1ccc(F)c(F)c1)Nc1ccc(F)c(F)c1. The molecule has 0 aliphatic heterocycles. The van der Waals surface area contributed by atoms with Gasteiger partial charge in [-0.05, 0) is 24.3 Å². The predicted molar refractivity (Wildman–Crippen MR) is 67.6 cm³/mol. The van der Waals surface area contributed by atoms with Crippen molar-refractivity contribution in [3.8, 4) is 0 Å². The summed E-state index contributed by atoms with van der Waals surface area (Å²) in [7, 11) is 0. The van der Waals surface area contributed by atoms with Gasteiger partial charge in [-0.2, -0.15) is 0 Å². The second-order valence-corrected chi connectivity index (χ2v) is 3.85. The van der Waals surface area contributed by atoms with E-state index in [0.717, 1.165) is 24.3 Å². The van der Waals surface area contributed by atoms with Gasteiger partial charge in [0.05, 0.1) is 5.69 Å². The normalized spacial score (nSPS) is 11.5. The standard InChI is InChI=1S/C13H9F4N3/c14-9-3-1-7(5-11(9)16)19-13(18)20-8-2-4-10(15)12(17)6-8/h1-6H,(H3,18,19,20). The van der Waals surface area contributed by atoms with Gasteiger partial charge < -0.3 is 11.1 Å². The molecule has 0 fully saturated rings. The number of rotatable bonds is 2.